The first kappa shape index (κ1) is 26.9. The summed E-state index contributed by atoms with van der Waals surface area (Å²) in [5.41, 5.74) is 17.3. The van der Waals surface area contributed by atoms with Crippen molar-refractivity contribution in [2.75, 3.05) is 36.9 Å². The Morgan fingerprint density at radius 1 is 1.10 bits per heavy atom. The molecule has 10 nitrogen and oxygen atoms in total. The molecule has 0 spiro atoms. The Kier molecular flexibility index (Phi) is 6.92. The van der Waals surface area contributed by atoms with Crippen LogP contribution < -0.4 is 21.1 Å². The molecule has 4 N–H and O–H groups in total. The lowest BCUT2D eigenvalue weighted by Crippen LogP contribution is -2.45. The molecule has 1 saturated heterocycles. The second kappa shape index (κ2) is 10.3. The van der Waals surface area contributed by atoms with Gasteiger partial charge in [0.2, 0.25) is 10.0 Å². The van der Waals surface area contributed by atoms with Gasteiger partial charge in [-0.15, -0.1) is 0 Å². The molecular weight excluding hydrogens is 526 g/mol. The molecule has 6 rings (SSSR count). The van der Waals surface area contributed by atoms with Crippen LogP contribution in [-0.4, -0.2) is 60.0 Å². The third kappa shape index (κ3) is 5.13. The molecule has 3 aliphatic rings. The van der Waals surface area contributed by atoms with Crippen LogP contribution in [0.3, 0.4) is 0 Å². The number of nitrogens with zero attached hydrogens (tertiary/aromatic N) is 5. The summed E-state index contributed by atoms with van der Waals surface area (Å²) in [6, 6.07) is 7.37. The van der Waals surface area contributed by atoms with Gasteiger partial charge in [-0.05, 0) is 61.3 Å². The van der Waals surface area contributed by atoms with Gasteiger partial charge in [0.1, 0.15) is 35.2 Å². The highest BCUT2D eigenvalue weighted by Crippen LogP contribution is 2.39. The maximum Gasteiger partial charge on any atom is 0.246 e. The Bertz CT molecular complexity index is 1540. The van der Waals surface area contributed by atoms with Gasteiger partial charge >= 0.3 is 0 Å². The molecule has 4 heterocycles. The van der Waals surface area contributed by atoms with Gasteiger partial charge < -0.3 is 21.1 Å². The zero-order valence-corrected chi connectivity index (χ0v) is 24.0. The van der Waals surface area contributed by atoms with E-state index in [-0.39, 0.29) is 28.7 Å². The molecule has 1 aromatic carbocycles. The number of sulfonamides is 1. The molecule has 0 bridgehead atoms. The molecule has 1 fully saturated rings. The molecular formula is C29H37N7O3S. The molecule has 0 amide bonds. The van der Waals surface area contributed by atoms with E-state index in [2.05, 4.69) is 28.7 Å². The molecule has 0 saturated carbocycles. The molecule has 40 heavy (non-hydrogen) atoms. The summed E-state index contributed by atoms with van der Waals surface area (Å²) < 4.78 is 34.5. The van der Waals surface area contributed by atoms with Crippen molar-refractivity contribution in [1.82, 2.24) is 19.3 Å². The third-order valence-electron chi connectivity index (χ3n) is 8.30. The standard InChI is InChI=1S/C29H37N7O3S/c1-29(2)8-7-24-23(14-29)28(34-18-33-24)35-10-11-39-25-6-5-19(12-21(25)16-35)20-13-26(27(31)32-15-20)40(37,38)36-9-3-4-22(30)17-36/h5-6,12-13,15,18,22H,3-4,7-11,14,16-17,30H2,1-2H3,(H2,31,32). The van der Waals surface area contributed by atoms with E-state index in [0.717, 1.165) is 60.5 Å². The summed E-state index contributed by atoms with van der Waals surface area (Å²) in [4.78, 5) is 15.9. The smallest absolute Gasteiger partial charge is 0.246 e. The van der Waals surface area contributed by atoms with Crippen molar-refractivity contribution in [1.29, 1.82) is 0 Å². The van der Waals surface area contributed by atoms with Crippen molar-refractivity contribution in [2.45, 2.75) is 63.4 Å². The minimum atomic E-state index is -3.82. The molecule has 1 aliphatic carbocycles. The number of ether oxygens (including phenoxy) is 1. The highest BCUT2D eigenvalue weighted by molar-refractivity contribution is 7.89. The van der Waals surface area contributed by atoms with Crippen molar-refractivity contribution < 1.29 is 13.2 Å². The molecule has 1 atom stereocenters. The topological polar surface area (TPSA) is 141 Å². The van der Waals surface area contributed by atoms with Crippen molar-refractivity contribution in [3.63, 3.8) is 0 Å². The largest absolute Gasteiger partial charge is 0.491 e. The average molecular weight is 564 g/mol. The summed E-state index contributed by atoms with van der Waals surface area (Å²) in [5, 5.41) is 0. The van der Waals surface area contributed by atoms with E-state index in [1.165, 1.54) is 9.87 Å². The Hall–Kier alpha value is -3.28. The molecule has 1 unspecified atom stereocenters. The molecule has 212 valence electrons. The van der Waals surface area contributed by atoms with E-state index in [1.807, 2.05) is 18.2 Å². The quantitative estimate of drug-likeness (QED) is 0.490. The van der Waals surface area contributed by atoms with Crippen LogP contribution in [0.5, 0.6) is 5.75 Å². The lowest BCUT2D eigenvalue weighted by Gasteiger charge is -2.33. The molecule has 2 aliphatic heterocycles. The van der Waals surface area contributed by atoms with Crippen LogP contribution in [0, 0.1) is 5.41 Å². The normalized spacial score (nSPS) is 21.2. The SMILES string of the molecule is CC1(C)CCc2ncnc(N3CCOc4ccc(-c5cnc(N)c(S(=O)(=O)N6CCCC(N)C6)c5)cc4C3)c2C1. The van der Waals surface area contributed by atoms with E-state index >= 15 is 0 Å². The van der Waals surface area contributed by atoms with Crippen LogP contribution in [0.25, 0.3) is 11.1 Å². The predicted octanol–water partition coefficient (Wildman–Crippen LogP) is 3.15. The highest BCUT2D eigenvalue weighted by Gasteiger charge is 2.32. The second-order valence-corrected chi connectivity index (χ2v) is 13.8. The van der Waals surface area contributed by atoms with Crippen LogP contribution in [0.15, 0.2) is 41.7 Å². The van der Waals surface area contributed by atoms with Crippen LogP contribution in [0.2, 0.25) is 0 Å². The van der Waals surface area contributed by atoms with Gasteiger partial charge in [-0.1, -0.05) is 19.9 Å². The summed E-state index contributed by atoms with van der Waals surface area (Å²) in [5.74, 6) is 1.78. The number of rotatable bonds is 4. The Morgan fingerprint density at radius 3 is 2.77 bits per heavy atom. The molecule has 2 aromatic heterocycles. The van der Waals surface area contributed by atoms with Gasteiger partial charge in [0.15, 0.2) is 0 Å². The van der Waals surface area contributed by atoms with Crippen LogP contribution >= 0.6 is 0 Å². The first-order valence-corrected chi connectivity index (χ1v) is 15.4. The van der Waals surface area contributed by atoms with Gasteiger partial charge in [0.05, 0.1) is 6.54 Å². The van der Waals surface area contributed by atoms with Crippen molar-refractivity contribution in [3.8, 4) is 16.9 Å². The first-order valence-electron chi connectivity index (χ1n) is 14.0. The van der Waals surface area contributed by atoms with Gasteiger partial charge in [0.25, 0.3) is 0 Å². The summed E-state index contributed by atoms with van der Waals surface area (Å²) in [6.45, 7) is 7.17. The fraction of sp³-hybridized carbons (Fsp3) is 0.483. The summed E-state index contributed by atoms with van der Waals surface area (Å²) in [7, 11) is -3.82. The average Bonchev–Trinajstić information content (AvgIpc) is 3.14. The lowest BCUT2D eigenvalue weighted by molar-refractivity contribution is 0.310. The Morgan fingerprint density at radius 2 is 1.95 bits per heavy atom. The Labute approximate surface area is 235 Å². The highest BCUT2D eigenvalue weighted by atomic mass is 32.2. The number of benzene rings is 1. The summed E-state index contributed by atoms with van der Waals surface area (Å²) in [6.07, 6.45) is 7.85. The number of anilines is 2. The number of nitrogen functional groups attached to an aromatic ring is 1. The first-order chi connectivity index (χ1) is 19.1. The molecule has 3 aromatic rings. The molecule has 11 heteroatoms. The van der Waals surface area contributed by atoms with Crippen molar-refractivity contribution in [2.24, 2.45) is 11.1 Å². The van der Waals surface area contributed by atoms with Gasteiger partial charge in [-0.25, -0.2) is 23.4 Å². The number of hydrogen-bond acceptors (Lipinski definition) is 9. The van der Waals surface area contributed by atoms with Crippen LogP contribution in [-0.2, 0) is 29.4 Å². The number of nitrogens with two attached hydrogens (primary N) is 2. The monoisotopic (exact) mass is 563 g/mol. The lowest BCUT2D eigenvalue weighted by atomic mass is 9.76. The number of fused-ring (bicyclic) bond motifs is 2. The van der Waals surface area contributed by atoms with E-state index < -0.39 is 10.0 Å². The second-order valence-electron chi connectivity index (χ2n) is 11.9. The van der Waals surface area contributed by atoms with E-state index in [4.69, 9.17) is 21.2 Å². The summed E-state index contributed by atoms with van der Waals surface area (Å²) >= 11 is 0. The van der Waals surface area contributed by atoms with Crippen LogP contribution in [0.4, 0.5) is 11.6 Å². The maximum atomic E-state index is 13.5. The molecule has 0 radical (unpaired) electrons. The van der Waals surface area contributed by atoms with Crippen molar-refractivity contribution in [3.05, 3.63) is 53.6 Å². The van der Waals surface area contributed by atoms with Gasteiger partial charge in [0, 0.05) is 54.3 Å². The number of hydrogen-bond donors (Lipinski definition) is 2. The van der Waals surface area contributed by atoms with E-state index in [9.17, 15) is 8.42 Å². The number of aromatic nitrogens is 3. The fourth-order valence-corrected chi connectivity index (χ4v) is 7.66. The zero-order valence-electron chi connectivity index (χ0n) is 23.1. The maximum absolute atomic E-state index is 13.5. The van der Waals surface area contributed by atoms with Crippen LogP contribution in [0.1, 0.15) is 49.9 Å². The van der Waals surface area contributed by atoms with Gasteiger partial charge in [-0.2, -0.15) is 4.31 Å². The van der Waals surface area contributed by atoms with E-state index in [0.29, 0.717) is 31.8 Å². The minimum absolute atomic E-state index is 0.0105. The predicted molar refractivity (Wildman–Crippen MR) is 154 cm³/mol. The third-order valence-corrected chi connectivity index (χ3v) is 10.2. The van der Waals surface area contributed by atoms with Crippen molar-refractivity contribution >= 4 is 21.7 Å². The zero-order chi connectivity index (χ0) is 28.1. The fourth-order valence-electron chi connectivity index (χ4n) is 6.04. The number of pyridine rings is 1. The van der Waals surface area contributed by atoms with E-state index in [1.54, 1.807) is 18.6 Å². The Balaban J connectivity index is 1.33. The van der Waals surface area contributed by atoms with Gasteiger partial charge in [-0.3, -0.25) is 0 Å². The number of piperidine rings is 1. The minimum Gasteiger partial charge on any atom is -0.491 e. The number of aryl methyl sites for hydroxylation is 1.